The van der Waals surface area contributed by atoms with Crippen molar-refractivity contribution >= 4 is 27.3 Å². The molecule has 0 radical (unpaired) electrons. The van der Waals surface area contributed by atoms with Gasteiger partial charge in [0.25, 0.3) is 0 Å². The van der Waals surface area contributed by atoms with E-state index in [4.69, 9.17) is 11.0 Å². The molecule has 0 aliphatic heterocycles. The summed E-state index contributed by atoms with van der Waals surface area (Å²) < 4.78 is 24.8. The van der Waals surface area contributed by atoms with E-state index >= 15 is 0 Å². The summed E-state index contributed by atoms with van der Waals surface area (Å²) >= 11 is 0. The lowest BCUT2D eigenvalue weighted by Crippen LogP contribution is -2.32. The molecule has 0 heterocycles. The van der Waals surface area contributed by atoms with Gasteiger partial charge in [-0.15, -0.1) is 0 Å². The van der Waals surface area contributed by atoms with Gasteiger partial charge in [0.2, 0.25) is 10.0 Å². The van der Waals surface area contributed by atoms with E-state index < -0.39 is 21.2 Å². The number of nitrogens with zero attached hydrogens (tertiary/aromatic N) is 1. The maximum atomic E-state index is 12.4. The van der Waals surface area contributed by atoms with Crippen LogP contribution < -0.4 is 11.0 Å². The normalized spacial score (nSPS) is 18.9. The van der Waals surface area contributed by atoms with E-state index in [0.29, 0.717) is 16.7 Å². The lowest BCUT2D eigenvalue weighted by atomic mass is 9.81. The van der Waals surface area contributed by atoms with E-state index in [1.54, 1.807) is 54.6 Å². The zero-order valence-corrected chi connectivity index (χ0v) is 13.8. The molecule has 1 aliphatic rings. The number of primary sulfonamides is 1. The predicted molar refractivity (Wildman–Crippen MR) is 94.0 cm³/mol. The van der Waals surface area contributed by atoms with Gasteiger partial charge in [0.1, 0.15) is 11.0 Å². The Morgan fingerprint density at radius 1 is 1.04 bits per heavy atom. The van der Waals surface area contributed by atoms with Gasteiger partial charge in [0, 0.05) is 11.1 Å². The van der Waals surface area contributed by atoms with E-state index in [9.17, 15) is 18.3 Å². The third kappa shape index (κ3) is 2.81. The lowest BCUT2D eigenvalue weighted by molar-refractivity contribution is -0.132. The first kappa shape index (κ1) is 16.9. The van der Waals surface area contributed by atoms with Gasteiger partial charge in [-0.2, -0.15) is 5.10 Å². The van der Waals surface area contributed by atoms with Crippen LogP contribution in [0.1, 0.15) is 21.9 Å². The molecular formula is C17H15N3O4S. The molecule has 5 N–H and O–H groups in total. The molecule has 7 nitrogen and oxygen atoms in total. The average molecular weight is 357 g/mol. The highest BCUT2D eigenvalue weighted by atomic mass is 32.2. The molecular weight excluding hydrogens is 342 g/mol. The number of hydrogen-bond donors (Lipinski definition) is 3. The first-order valence-corrected chi connectivity index (χ1v) is 8.89. The summed E-state index contributed by atoms with van der Waals surface area (Å²) in [4.78, 5) is 12.0. The number of carboxylic acids is 1. The van der Waals surface area contributed by atoms with Crippen LogP contribution in [0.2, 0.25) is 0 Å². The van der Waals surface area contributed by atoms with Crippen molar-refractivity contribution in [2.24, 2.45) is 16.1 Å². The lowest BCUT2D eigenvalue weighted by Gasteiger charge is -2.29. The molecule has 0 aromatic heterocycles. The summed E-state index contributed by atoms with van der Waals surface area (Å²) in [5.41, 5.74) is 0.903. The highest BCUT2D eigenvalue weighted by Crippen LogP contribution is 2.44. The van der Waals surface area contributed by atoms with Crippen LogP contribution >= 0.6 is 0 Å². The summed E-state index contributed by atoms with van der Waals surface area (Å²) in [5, 5.41) is 17.5. The second-order valence-electron chi connectivity index (χ2n) is 5.49. The fourth-order valence-corrected chi connectivity index (χ4v) is 4.24. The van der Waals surface area contributed by atoms with Crippen LogP contribution in [0.15, 0.2) is 65.3 Å². The van der Waals surface area contributed by atoms with Crippen molar-refractivity contribution in [2.45, 2.75) is 5.25 Å². The second-order valence-corrected chi connectivity index (χ2v) is 7.14. The third-order valence-electron chi connectivity index (χ3n) is 4.02. The van der Waals surface area contributed by atoms with Crippen molar-refractivity contribution in [3.63, 3.8) is 0 Å². The highest BCUT2D eigenvalue weighted by molar-refractivity contribution is 7.89. The number of carbonyl (C=O) groups is 1. The monoisotopic (exact) mass is 357 g/mol. The Morgan fingerprint density at radius 2 is 1.64 bits per heavy atom. The summed E-state index contributed by atoms with van der Waals surface area (Å²) in [6.07, 6.45) is 0. The minimum atomic E-state index is -4.15. The number of nitrogens with two attached hydrogens (primary N) is 2. The molecule has 1 atom stereocenters. The zero-order chi connectivity index (χ0) is 18.2. The largest absolute Gasteiger partial charge is 0.478 e. The van der Waals surface area contributed by atoms with E-state index in [1.165, 1.54) is 0 Å². The summed E-state index contributed by atoms with van der Waals surface area (Å²) in [6, 6.07) is 14.8. The molecule has 128 valence electrons. The van der Waals surface area contributed by atoms with Gasteiger partial charge >= 0.3 is 5.97 Å². The minimum Gasteiger partial charge on any atom is -0.478 e. The van der Waals surface area contributed by atoms with Crippen LogP contribution in [0.4, 0.5) is 0 Å². The number of aliphatic carboxylic acids is 1. The molecule has 8 heteroatoms. The molecule has 0 fully saturated rings. The fraction of sp³-hybridized carbons (Fsp3) is 0.0588. The molecule has 0 bridgehead atoms. The van der Waals surface area contributed by atoms with Gasteiger partial charge in [-0.1, -0.05) is 54.6 Å². The number of sulfonamides is 1. The van der Waals surface area contributed by atoms with Crippen LogP contribution in [0, 0.1) is 0 Å². The van der Waals surface area contributed by atoms with Crippen molar-refractivity contribution in [1.82, 2.24) is 0 Å². The van der Waals surface area contributed by atoms with Crippen LogP contribution in [0.25, 0.3) is 5.57 Å². The van der Waals surface area contributed by atoms with E-state index in [1.807, 2.05) is 0 Å². The quantitative estimate of drug-likeness (QED) is 0.561. The molecule has 0 saturated carbocycles. The van der Waals surface area contributed by atoms with Crippen LogP contribution in [0.3, 0.4) is 0 Å². The molecule has 1 aliphatic carbocycles. The maximum absolute atomic E-state index is 12.4. The van der Waals surface area contributed by atoms with E-state index in [2.05, 4.69) is 5.10 Å². The minimum absolute atomic E-state index is 0.0156. The maximum Gasteiger partial charge on any atom is 0.338 e. The summed E-state index contributed by atoms with van der Waals surface area (Å²) in [5.74, 6) is 4.12. The topological polar surface area (TPSA) is 136 Å². The number of carboxylic acid groups (broad SMARTS) is 1. The zero-order valence-electron chi connectivity index (χ0n) is 13.0. The standard InChI is InChI=1S/C17H15N3O4S/c18-20-15-11-8-4-5-9-12(11)16(25(19,23)24)13(14(15)17(21)22)10-6-2-1-3-7-10/h1-9,16H,18H2,(H,21,22)(H2,19,23,24). The fourth-order valence-electron chi connectivity index (χ4n) is 3.10. The molecule has 1 unspecified atom stereocenters. The van der Waals surface area contributed by atoms with Gasteiger partial charge in [-0.05, 0) is 11.1 Å². The number of rotatable bonds is 3. The van der Waals surface area contributed by atoms with Crippen molar-refractivity contribution in [2.75, 3.05) is 0 Å². The van der Waals surface area contributed by atoms with Crippen LogP contribution in [-0.2, 0) is 14.8 Å². The molecule has 0 saturated heterocycles. The van der Waals surface area contributed by atoms with Crippen molar-refractivity contribution in [3.05, 3.63) is 76.9 Å². The summed E-state index contributed by atoms with van der Waals surface area (Å²) in [6.45, 7) is 0. The smallest absolute Gasteiger partial charge is 0.338 e. The van der Waals surface area contributed by atoms with Gasteiger partial charge in [-0.25, -0.2) is 18.4 Å². The Morgan fingerprint density at radius 3 is 2.20 bits per heavy atom. The molecule has 0 amide bonds. The number of hydrazone groups is 1. The Hall–Kier alpha value is -2.97. The second kappa shape index (κ2) is 6.15. The van der Waals surface area contributed by atoms with E-state index in [-0.39, 0.29) is 16.9 Å². The number of benzene rings is 2. The Labute approximate surface area is 144 Å². The molecule has 25 heavy (non-hydrogen) atoms. The number of hydrogen-bond acceptors (Lipinski definition) is 5. The Balaban J connectivity index is 2.49. The van der Waals surface area contributed by atoms with Crippen molar-refractivity contribution in [3.8, 4) is 0 Å². The SMILES string of the molecule is NN=C1C(C(=O)O)=C(c2ccccc2)C(S(N)(=O)=O)c2ccccc21. The molecule has 0 spiro atoms. The Kier molecular flexibility index (Phi) is 4.15. The van der Waals surface area contributed by atoms with Gasteiger partial charge in [0.15, 0.2) is 0 Å². The first-order valence-electron chi connectivity index (χ1n) is 7.28. The Bertz CT molecular complexity index is 1010. The molecule has 2 aromatic carbocycles. The average Bonchev–Trinajstić information content (AvgIpc) is 2.59. The van der Waals surface area contributed by atoms with Crippen LogP contribution in [-0.4, -0.2) is 25.2 Å². The van der Waals surface area contributed by atoms with Crippen molar-refractivity contribution in [1.29, 1.82) is 0 Å². The summed E-state index contributed by atoms with van der Waals surface area (Å²) in [7, 11) is -4.15. The number of fused-ring (bicyclic) bond motifs is 1. The molecule has 3 rings (SSSR count). The van der Waals surface area contributed by atoms with Gasteiger partial charge in [0.05, 0.1) is 5.57 Å². The highest BCUT2D eigenvalue weighted by Gasteiger charge is 2.41. The van der Waals surface area contributed by atoms with Crippen molar-refractivity contribution < 1.29 is 18.3 Å². The first-order chi connectivity index (χ1) is 11.9. The van der Waals surface area contributed by atoms with Gasteiger partial charge < -0.3 is 10.9 Å². The van der Waals surface area contributed by atoms with E-state index in [0.717, 1.165) is 0 Å². The predicted octanol–water partition coefficient (Wildman–Crippen LogP) is 1.23. The van der Waals surface area contributed by atoms with Crippen LogP contribution in [0.5, 0.6) is 0 Å². The van der Waals surface area contributed by atoms with Gasteiger partial charge in [-0.3, -0.25) is 0 Å². The molecule has 2 aromatic rings. The third-order valence-corrected chi connectivity index (χ3v) is 5.17.